The Kier molecular flexibility index (Phi) is 4.99. The van der Waals surface area contributed by atoms with Crippen molar-refractivity contribution < 1.29 is 0 Å². The fourth-order valence-corrected chi connectivity index (χ4v) is 4.08. The quantitative estimate of drug-likeness (QED) is 0.521. The van der Waals surface area contributed by atoms with Crippen LogP contribution < -0.4 is 16.2 Å². The third kappa shape index (κ3) is 3.48. The summed E-state index contributed by atoms with van der Waals surface area (Å²) in [6, 6.07) is 12.2. The van der Waals surface area contributed by atoms with E-state index >= 15 is 0 Å². The van der Waals surface area contributed by atoms with Crippen LogP contribution in [0.15, 0.2) is 47.4 Å². The zero-order valence-electron chi connectivity index (χ0n) is 17.7. The van der Waals surface area contributed by atoms with Crippen LogP contribution in [0.25, 0.3) is 16.9 Å². The molecule has 0 amide bonds. The molecule has 8 nitrogen and oxygen atoms in total. The lowest BCUT2D eigenvalue weighted by atomic mass is 10.0. The van der Waals surface area contributed by atoms with Crippen molar-refractivity contribution in [2.75, 3.05) is 11.9 Å². The lowest BCUT2D eigenvalue weighted by Crippen LogP contribution is -2.23. The third-order valence-electron chi connectivity index (χ3n) is 5.70. The van der Waals surface area contributed by atoms with Crippen LogP contribution in [0.5, 0.6) is 0 Å². The molecule has 0 aliphatic carbocycles. The predicted molar refractivity (Wildman–Crippen MR) is 121 cm³/mol. The molecule has 0 radical (unpaired) electrons. The molecule has 0 unspecified atom stereocenters. The second-order valence-corrected chi connectivity index (χ2v) is 7.64. The summed E-state index contributed by atoms with van der Waals surface area (Å²) >= 11 is 0. The fourth-order valence-electron chi connectivity index (χ4n) is 4.08. The van der Waals surface area contributed by atoms with E-state index in [0.717, 1.165) is 37.3 Å². The summed E-state index contributed by atoms with van der Waals surface area (Å²) in [5.74, 6) is 1.13. The number of rotatable bonds is 5. The number of benzene rings is 1. The zero-order valence-corrected chi connectivity index (χ0v) is 17.7. The van der Waals surface area contributed by atoms with E-state index < -0.39 is 0 Å². The highest BCUT2D eigenvalue weighted by Gasteiger charge is 2.18. The van der Waals surface area contributed by atoms with Crippen molar-refractivity contribution >= 4 is 22.7 Å². The Morgan fingerprint density at radius 3 is 2.87 bits per heavy atom. The van der Waals surface area contributed by atoms with Gasteiger partial charge in [0, 0.05) is 30.7 Å². The van der Waals surface area contributed by atoms with E-state index in [2.05, 4.69) is 34.7 Å². The highest BCUT2D eigenvalue weighted by atomic mass is 16.1. The minimum absolute atomic E-state index is 0.118. The summed E-state index contributed by atoms with van der Waals surface area (Å²) in [6.45, 7) is 6.38. The van der Waals surface area contributed by atoms with E-state index in [4.69, 9.17) is 9.97 Å². The van der Waals surface area contributed by atoms with Crippen molar-refractivity contribution in [2.45, 2.75) is 39.8 Å². The molecule has 8 heteroatoms. The number of nitrogens with one attached hydrogen (secondary N) is 2. The molecule has 0 bridgehead atoms. The fraction of sp³-hybridized carbons (Fsp3) is 0.304. The smallest absolute Gasteiger partial charge is 0.278 e. The summed E-state index contributed by atoms with van der Waals surface area (Å²) in [6.07, 6.45) is 3.45. The van der Waals surface area contributed by atoms with E-state index in [9.17, 15) is 4.79 Å². The number of anilines is 2. The number of hydrogen-bond donors (Lipinski definition) is 2. The maximum Gasteiger partial charge on any atom is 0.278 e. The average Bonchev–Trinajstić information content (AvgIpc) is 3.10. The van der Waals surface area contributed by atoms with Gasteiger partial charge in [0.05, 0.1) is 0 Å². The summed E-state index contributed by atoms with van der Waals surface area (Å²) in [7, 11) is 0. The Morgan fingerprint density at radius 2 is 2.03 bits per heavy atom. The number of pyridine rings is 1. The van der Waals surface area contributed by atoms with E-state index in [0.29, 0.717) is 29.3 Å². The molecule has 0 spiro atoms. The second kappa shape index (κ2) is 7.96. The van der Waals surface area contributed by atoms with E-state index in [-0.39, 0.29) is 5.56 Å². The molecule has 4 heterocycles. The summed E-state index contributed by atoms with van der Waals surface area (Å²) in [4.78, 5) is 26.8. The van der Waals surface area contributed by atoms with Gasteiger partial charge in [-0.15, -0.1) is 0 Å². The maximum absolute atomic E-state index is 12.9. The van der Waals surface area contributed by atoms with Gasteiger partial charge >= 0.3 is 0 Å². The molecule has 2 N–H and O–H groups in total. The van der Waals surface area contributed by atoms with E-state index in [1.807, 2.05) is 31.2 Å². The molecule has 158 valence electrons. The molecule has 1 aliphatic heterocycles. The molecule has 1 aliphatic rings. The lowest BCUT2D eigenvalue weighted by Gasteiger charge is -2.18. The van der Waals surface area contributed by atoms with Crippen LogP contribution in [-0.2, 0) is 25.9 Å². The van der Waals surface area contributed by atoms with Gasteiger partial charge in [-0.3, -0.25) is 4.79 Å². The molecule has 0 saturated heterocycles. The van der Waals surface area contributed by atoms with Gasteiger partial charge < -0.3 is 10.6 Å². The van der Waals surface area contributed by atoms with Gasteiger partial charge in [-0.05, 0) is 61.7 Å². The van der Waals surface area contributed by atoms with Crippen molar-refractivity contribution in [3.05, 3.63) is 69.8 Å². The molecule has 5 rings (SSSR count). The van der Waals surface area contributed by atoms with Crippen LogP contribution in [0.1, 0.15) is 30.7 Å². The molecular weight excluding hydrogens is 390 g/mol. The first-order valence-electron chi connectivity index (χ1n) is 10.7. The summed E-state index contributed by atoms with van der Waals surface area (Å²) in [5, 5.41) is 7.18. The van der Waals surface area contributed by atoms with Gasteiger partial charge in [-0.1, -0.05) is 19.1 Å². The highest BCUT2D eigenvalue weighted by Crippen LogP contribution is 2.22. The lowest BCUT2D eigenvalue weighted by molar-refractivity contribution is 0.567. The normalized spacial score (nSPS) is 13.4. The minimum atomic E-state index is -0.118. The van der Waals surface area contributed by atoms with E-state index in [1.165, 1.54) is 11.1 Å². The predicted octanol–water partition coefficient (Wildman–Crippen LogP) is 2.95. The SMILES string of the molecule is CCc1cccc(-n2c3nc(Nc4ccc5c(c4)CNCC5)ncc3c(=O)n2CC)n1. The first-order valence-corrected chi connectivity index (χ1v) is 10.7. The van der Waals surface area contributed by atoms with Gasteiger partial charge in [0.25, 0.3) is 5.56 Å². The van der Waals surface area contributed by atoms with Crippen molar-refractivity contribution in [1.82, 2.24) is 29.6 Å². The molecule has 0 atom stereocenters. The number of aryl methyl sites for hydroxylation is 1. The Balaban J connectivity index is 1.59. The number of aromatic nitrogens is 5. The van der Waals surface area contributed by atoms with Crippen molar-refractivity contribution in [3.63, 3.8) is 0 Å². The Morgan fingerprint density at radius 1 is 1.13 bits per heavy atom. The number of fused-ring (bicyclic) bond motifs is 2. The highest BCUT2D eigenvalue weighted by molar-refractivity contribution is 5.77. The van der Waals surface area contributed by atoms with Gasteiger partial charge in [0.2, 0.25) is 5.95 Å². The van der Waals surface area contributed by atoms with Crippen molar-refractivity contribution in [3.8, 4) is 5.82 Å². The van der Waals surface area contributed by atoms with Crippen LogP contribution in [0.4, 0.5) is 11.6 Å². The Hall–Kier alpha value is -3.52. The summed E-state index contributed by atoms with van der Waals surface area (Å²) < 4.78 is 3.44. The number of hydrogen-bond acceptors (Lipinski definition) is 6. The van der Waals surface area contributed by atoms with Crippen LogP contribution in [0.3, 0.4) is 0 Å². The van der Waals surface area contributed by atoms with Crippen molar-refractivity contribution in [1.29, 1.82) is 0 Å². The Labute approximate surface area is 180 Å². The molecular formula is C23H25N7O. The van der Waals surface area contributed by atoms with Crippen LogP contribution >= 0.6 is 0 Å². The first-order chi connectivity index (χ1) is 15.2. The largest absolute Gasteiger partial charge is 0.324 e. The molecule has 4 aromatic rings. The molecule has 3 aromatic heterocycles. The molecule has 0 fully saturated rings. The second-order valence-electron chi connectivity index (χ2n) is 7.64. The minimum Gasteiger partial charge on any atom is -0.324 e. The summed E-state index contributed by atoms with van der Waals surface area (Å²) in [5.41, 5.74) is 4.97. The Bertz CT molecular complexity index is 1320. The van der Waals surface area contributed by atoms with Crippen LogP contribution in [0, 0.1) is 0 Å². The van der Waals surface area contributed by atoms with Gasteiger partial charge in [-0.25, -0.2) is 19.3 Å². The van der Waals surface area contributed by atoms with Crippen LogP contribution in [-0.4, -0.2) is 30.9 Å². The topological polar surface area (TPSA) is 89.7 Å². The van der Waals surface area contributed by atoms with Crippen LogP contribution in [0.2, 0.25) is 0 Å². The monoisotopic (exact) mass is 415 g/mol. The number of nitrogens with zero attached hydrogens (tertiary/aromatic N) is 5. The molecule has 1 aromatic carbocycles. The molecule has 0 saturated carbocycles. The standard InChI is InChI=1S/C23H25N7O/c1-3-17-6-5-7-20(26-17)30-21-19(22(31)29(30)4-2)14-25-23(28-21)27-18-9-8-15-10-11-24-13-16(15)12-18/h5-9,12,14,24H,3-4,10-11,13H2,1-2H3,(H,25,27,28). The average molecular weight is 416 g/mol. The van der Waals surface area contributed by atoms with E-state index in [1.54, 1.807) is 15.6 Å². The molecule has 31 heavy (non-hydrogen) atoms. The van der Waals surface area contributed by atoms with Gasteiger partial charge in [-0.2, -0.15) is 4.98 Å². The maximum atomic E-state index is 12.9. The van der Waals surface area contributed by atoms with Gasteiger partial charge in [0.15, 0.2) is 11.5 Å². The third-order valence-corrected chi connectivity index (χ3v) is 5.70. The van der Waals surface area contributed by atoms with Gasteiger partial charge in [0.1, 0.15) is 5.39 Å². The zero-order chi connectivity index (χ0) is 21.4. The first kappa shape index (κ1) is 19.4. The van der Waals surface area contributed by atoms with Crippen molar-refractivity contribution in [2.24, 2.45) is 0 Å².